The van der Waals surface area contributed by atoms with Crippen molar-refractivity contribution in [2.24, 2.45) is 17.8 Å². The maximum atomic E-state index is 13.4. The quantitative estimate of drug-likeness (QED) is 0.587. The second-order valence-corrected chi connectivity index (χ2v) is 9.90. The van der Waals surface area contributed by atoms with Gasteiger partial charge in [-0.15, -0.1) is 0 Å². The highest BCUT2D eigenvalue weighted by Crippen LogP contribution is 2.55. The van der Waals surface area contributed by atoms with Gasteiger partial charge in [-0.25, -0.2) is 0 Å². The van der Waals surface area contributed by atoms with Crippen LogP contribution in [0.25, 0.3) is 0 Å². The van der Waals surface area contributed by atoms with Crippen LogP contribution in [-0.4, -0.2) is 11.4 Å². The molecule has 0 aromatic heterocycles. The van der Waals surface area contributed by atoms with Gasteiger partial charge in [0.05, 0.1) is 16.8 Å². The van der Waals surface area contributed by atoms with Crippen LogP contribution in [0.1, 0.15) is 60.0 Å². The number of anilines is 2. The van der Waals surface area contributed by atoms with Crippen LogP contribution in [0.2, 0.25) is 0 Å². The molecular weight excluding hydrogens is 401 g/mol. The van der Waals surface area contributed by atoms with E-state index >= 15 is 0 Å². The monoisotopic (exact) mass is 428 g/mol. The van der Waals surface area contributed by atoms with E-state index in [-0.39, 0.29) is 11.4 Å². The first kappa shape index (κ1) is 20.4. The van der Waals surface area contributed by atoms with Crippen molar-refractivity contribution in [2.45, 2.75) is 57.2 Å². The van der Waals surface area contributed by atoms with Crippen LogP contribution in [0.4, 0.5) is 24.5 Å². The first-order valence-corrected chi connectivity index (χ1v) is 11.1. The van der Waals surface area contributed by atoms with Crippen LogP contribution < -0.4 is 10.6 Å². The maximum Gasteiger partial charge on any atom is 0.416 e. The Morgan fingerprint density at radius 2 is 1.52 bits per heavy atom. The third-order valence-corrected chi connectivity index (χ3v) is 7.33. The van der Waals surface area contributed by atoms with E-state index in [1.165, 1.54) is 31.4 Å². The Bertz CT molecular complexity index is 962. The Hall–Kier alpha value is -2.50. The zero-order valence-electron chi connectivity index (χ0n) is 17.6. The molecule has 0 atom stereocenters. The minimum atomic E-state index is -4.37. The summed E-state index contributed by atoms with van der Waals surface area (Å²) in [4.78, 5) is 13.4. The number of carbonyl (C=O) groups excluding carboxylic acids is 1. The van der Waals surface area contributed by atoms with E-state index in [0.29, 0.717) is 16.9 Å². The molecule has 4 aliphatic carbocycles. The molecule has 31 heavy (non-hydrogen) atoms. The van der Waals surface area contributed by atoms with Gasteiger partial charge in [0.1, 0.15) is 0 Å². The summed E-state index contributed by atoms with van der Waals surface area (Å²) in [5.74, 6) is 2.09. The van der Waals surface area contributed by atoms with Crippen molar-refractivity contribution in [3.8, 4) is 0 Å². The molecule has 0 unspecified atom stereocenters. The van der Waals surface area contributed by atoms with Crippen molar-refractivity contribution in [1.29, 1.82) is 0 Å². The lowest BCUT2D eigenvalue weighted by atomic mass is 9.53. The zero-order valence-corrected chi connectivity index (χ0v) is 17.6. The molecule has 0 aliphatic heterocycles. The second kappa shape index (κ2) is 7.28. The van der Waals surface area contributed by atoms with Gasteiger partial charge in [-0.2, -0.15) is 13.2 Å². The van der Waals surface area contributed by atoms with Crippen LogP contribution in [-0.2, 0) is 6.18 Å². The molecule has 0 saturated heterocycles. The van der Waals surface area contributed by atoms with Gasteiger partial charge in [0.15, 0.2) is 0 Å². The van der Waals surface area contributed by atoms with Crippen LogP contribution in [0.15, 0.2) is 42.5 Å². The summed E-state index contributed by atoms with van der Waals surface area (Å²) in [5.41, 5.74) is 1.83. The molecule has 0 spiro atoms. The number of alkyl halides is 3. The van der Waals surface area contributed by atoms with Crippen LogP contribution in [0, 0.1) is 24.7 Å². The summed E-state index contributed by atoms with van der Waals surface area (Å²) < 4.78 is 38.5. The number of aryl methyl sites for hydroxylation is 1. The van der Waals surface area contributed by atoms with E-state index in [1.807, 2.05) is 25.1 Å². The van der Waals surface area contributed by atoms with E-state index in [4.69, 9.17) is 0 Å². The first-order valence-electron chi connectivity index (χ1n) is 11.1. The van der Waals surface area contributed by atoms with Crippen molar-refractivity contribution in [3.05, 3.63) is 59.2 Å². The molecule has 0 heterocycles. The molecule has 2 aromatic carbocycles. The lowest BCUT2D eigenvalue weighted by Gasteiger charge is -2.56. The number of nitrogens with one attached hydrogen (secondary N) is 2. The molecule has 2 aromatic rings. The van der Waals surface area contributed by atoms with Gasteiger partial charge in [-0.3, -0.25) is 4.79 Å². The van der Waals surface area contributed by atoms with Crippen LogP contribution >= 0.6 is 0 Å². The molecule has 4 aliphatic rings. The lowest BCUT2D eigenvalue weighted by Crippen LogP contribution is -2.59. The third-order valence-electron chi connectivity index (χ3n) is 7.33. The molecule has 2 N–H and O–H groups in total. The van der Waals surface area contributed by atoms with Gasteiger partial charge in [0, 0.05) is 11.2 Å². The smallest absolute Gasteiger partial charge is 0.355 e. The molecule has 164 valence electrons. The summed E-state index contributed by atoms with van der Waals surface area (Å²) in [6.07, 6.45) is 2.75. The van der Waals surface area contributed by atoms with Gasteiger partial charge in [-0.1, -0.05) is 11.6 Å². The Kier molecular flexibility index (Phi) is 4.79. The molecule has 6 rings (SSSR count). The molecular formula is C25H27F3N2O. The minimum absolute atomic E-state index is 0.0960. The zero-order chi connectivity index (χ0) is 21.8. The number of amides is 1. The summed E-state index contributed by atoms with van der Waals surface area (Å²) in [7, 11) is 0. The molecule has 1 amide bonds. The van der Waals surface area contributed by atoms with E-state index in [9.17, 15) is 18.0 Å². The summed E-state index contributed by atoms with van der Waals surface area (Å²) in [5, 5.41) is 6.53. The lowest BCUT2D eigenvalue weighted by molar-refractivity contribution is -0.137. The summed E-state index contributed by atoms with van der Waals surface area (Å²) >= 11 is 0. The van der Waals surface area contributed by atoms with Gasteiger partial charge in [-0.05, 0) is 99.6 Å². The predicted molar refractivity (Wildman–Crippen MR) is 114 cm³/mol. The normalized spacial score (nSPS) is 29.1. The summed E-state index contributed by atoms with van der Waals surface area (Å²) in [6.45, 7) is 1.93. The molecule has 4 bridgehead atoms. The fourth-order valence-electron chi connectivity index (χ4n) is 6.42. The van der Waals surface area contributed by atoms with Crippen LogP contribution in [0.3, 0.4) is 0 Å². The second-order valence-electron chi connectivity index (χ2n) is 9.90. The fourth-order valence-corrected chi connectivity index (χ4v) is 6.42. The van der Waals surface area contributed by atoms with E-state index in [0.717, 1.165) is 54.7 Å². The average molecular weight is 428 g/mol. The first-order chi connectivity index (χ1) is 14.7. The van der Waals surface area contributed by atoms with E-state index in [2.05, 4.69) is 10.6 Å². The maximum absolute atomic E-state index is 13.4. The fraction of sp³-hybridized carbons (Fsp3) is 0.480. The Morgan fingerprint density at radius 1 is 0.935 bits per heavy atom. The van der Waals surface area contributed by atoms with E-state index < -0.39 is 11.7 Å². The number of rotatable bonds is 4. The van der Waals surface area contributed by atoms with Gasteiger partial charge in [0.2, 0.25) is 0 Å². The van der Waals surface area contributed by atoms with Gasteiger partial charge in [0.25, 0.3) is 5.91 Å². The standard InChI is InChI=1S/C25H27F3N2O/c1-15-2-7-22(29-20-5-3-19(4-6-20)25(26,27)28)21(8-15)23(31)30-24-12-16-9-17(13-24)11-18(10-16)14-24/h2-8,16-18,29H,9-14H2,1H3,(H,30,31). The van der Waals surface area contributed by atoms with Crippen molar-refractivity contribution in [2.75, 3.05) is 5.32 Å². The Morgan fingerprint density at radius 3 is 2.06 bits per heavy atom. The third kappa shape index (κ3) is 4.04. The molecule has 6 heteroatoms. The minimum Gasteiger partial charge on any atom is -0.355 e. The SMILES string of the molecule is Cc1ccc(Nc2ccc(C(F)(F)F)cc2)c(C(=O)NC23CC4CC(CC(C4)C2)C3)c1. The summed E-state index contributed by atoms with van der Waals surface area (Å²) in [6, 6.07) is 10.4. The number of carbonyl (C=O) groups is 1. The highest BCUT2D eigenvalue weighted by molar-refractivity contribution is 6.01. The van der Waals surface area contributed by atoms with E-state index in [1.54, 1.807) is 0 Å². The van der Waals surface area contributed by atoms with Crippen molar-refractivity contribution >= 4 is 17.3 Å². The highest BCUT2D eigenvalue weighted by Gasteiger charge is 2.51. The van der Waals surface area contributed by atoms with Crippen molar-refractivity contribution in [1.82, 2.24) is 5.32 Å². The molecule has 3 nitrogen and oxygen atoms in total. The number of hydrogen-bond acceptors (Lipinski definition) is 2. The molecule has 4 fully saturated rings. The average Bonchev–Trinajstić information content (AvgIpc) is 2.67. The topological polar surface area (TPSA) is 41.1 Å². The van der Waals surface area contributed by atoms with Gasteiger partial charge >= 0.3 is 6.18 Å². The Labute approximate surface area is 180 Å². The highest BCUT2D eigenvalue weighted by atomic mass is 19.4. The number of hydrogen-bond donors (Lipinski definition) is 2. The molecule has 0 radical (unpaired) electrons. The largest absolute Gasteiger partial charge is 0.416 e. The van der Waals surface area contributed by atoms with Crippen molar-refractivity contribution < 1.29 is 18.0 Å². The Balaban J connectivity index is 1.37. The molecule has 4 saturated carbocycles. The number of halogens is 3. The van der Waals surface area contributed by atoms with Crippen molar-refractivity contribution in [3.63, 3.8) is 0 Å². The number of benzene rings is 2. The van der Waals surface area contributed by atoms with Gasteiger partial charge < -0.3 is 10.6 Å². The predicted octanol–water partition coefficient (Wildman–Crippen LogP) is 6.46. The van der Waals surface area contributed by atoms with Crippen LogP contribution in [0.5, 0.6) is 0 Å².